The number of anilines is 1. The van der Waals surface area contributed by atoms with E-state index in [0.29, 0.717) is 0 Å². The monoisotopic (exact) mass is 271 g/mol. The number of hydrogen-bond acceptors (Lipinski definition) is 3. The summed E-state index contributed by atoms with van der Waals surface area (Å²) in [6, 6.07) is 0. The van der Waals surface area contributed by atoms with E-state index in [1.165, 1.54) is 0 Å². The number of rotatable bonds is 1. The normalized spacial score (nSPS) is 9.64. The molecule has 0 aromatic carbocycles. The van der Waals surface area contributed by atoms with E-state index in [1.807, 2.05) is 0 Å². The van der Waals surface area contributed by atoms with E-state index in [9.17, 15) is 14.0 Å². The molecule has 0 saturated heterocycles. The Morgan fingerprint density at radius 1 is 1.36 bits per heavy atom. The zero-order chi connectivity index (χ0) is 8.43. The fourth-order valence-corrected chi connectivity index (χ4v) is 0.908. The quantitative estimate of drug-likeness (QED) is 0.495. The van der Waals surface area contributed by atoms with Gasteiger partial charge in [-0.25, -0.2) is 4.79 Å². The van der Waals surface area contributed by atoms with Crippen molar-refractivity contribution in [2.75, 3.05) is 3.53 Å². The summed E-state index contributed by atoms with van der Waals surface area (Å²) in [5, 5.41) is 0. The molecular formula is C4H3FIN3O2. The van der Waals surface area contributed by atoms with Crippen LogP contribution in [-0.2, 0) is 0 Å². The molecular weight excluding hydrogens is 268 g/mol. The molecule has 0 amide bonds. The van der Waals surface area contributed by atoms with E-state index >= 15 is 0 Å². The van der Waals surface area contributed by atoms with Crippen LogP contribution in [-0.4, -0.2) is 9.97 Å². The van der Waals surface area contributed by atoms with E-state index in [2.05, 4.69) is 8.51 Å². The van der Waals surface area contributed by atoms with Gasteiger partial charge < -0.3 is 3.53 Å². The van der Waals surface area contributed by atoms with Crippen molar-refractivity contribution in [3.8, 4) is 0 Å². The van der Waals surface area contributed by atoms with E-state index in [-0.39, 0.29) is 5.82 Å². The number of hydrogen-bond donors (Lipinski definition) is 3. The van der Waals surface area contributed by atoms with E-state index in [0.717, 1.165) is 0 Å². The molecule has 3 N–H and O–H groups in total. The fraction of sp³-hybridized carbons (Fsp3) is 0. The molecule has 0 aliphatic heterocycles. The molecule has 60 valence electrons. The maximum Gasteiger partial charge on any atom is 0.327 e. The van der Waals surface area contributed by atoms with Crippen molar-refractivity contribution in [1.29, 1.82) is 0 Å². The molecule has 11 heavy (non-hydrogen) atoms. The van der Waals surface area contributed by atoms with Gasteiger partial charge in [-0.05, 0) is 0 Å². The number of nitrogens with one attached hydrogen (secondary N) is 3. The number of H-pyrrole nitrogens is 2. The van der Waals surface area contributed by atoms with Crippen molar-refractivity contribution in [3.05, 3.63) is 26.7 Å². The Bertz CT molecular complexity index is 370. The minimum absolute atomic E-state index is 0.223. The fourth-order valence-electron chi connectivity index (χ4n) is 0.536. The van der Waals surface area contributed by atoms with Crippen molar-refractivity contribution in [3.63, 3.8) is 0 Å². The highest BCUT2D eigenvalue weighted by Crippen LogP contribution is 2.02. The maximum atomic E-state index is 12.6. The van der Waals surface area contributed by atoms with Crippen LogP contribution in [0.5, 0.6) is 0 Å². The third kappa shape index (κ3) is 1.59. The topological polar surface area (TPSA) is 77.8 Å². The van der Waals surface area contributed by atoms with E-state index < -0.39 is 17.1 Å². The first-order chi connectivity index (χ1) is 5.15. The Morgan fingerprint density at radius 3 is 2.55 bits per heavy atom. The van der Waals surface area contributed by atoms with Gasteiger partial charge in [-0.15, -0.1) is 0 Å². The third-order valence-electron chi connectivity index (χ3n) is 0.979. The van der Waals surface area contributed by atoms with Gasteiger partial charge >= 0.3 is 5.69 Å². The third-order valence-corrected chi connectivity index (χ3v) is 1.52. The molecule has 0 radical (unpaired) electrons. The van der Waals surface area contributed by atoms with E-state index in [4.69, 9.17) is 0 Å². The van der Waals surface area contributed by atoms with Crippen LogP contribution in [0.15, 0.2) is 9.59 Å². The summed E-state index contributed by atoms with van der Waals surface area (Å²) in [6.45, 7) is 0. The minimum Gasteiger partial charge on any atom is -0.312 e. The van der Waals surface area contributed by atoms with Gasteiger partial charge in [-0.1, -0.05) is 0 Å². The van der Waals surface area contributed by atoms with Gasteiger partial charge in [0.25, 0.3) is 5.56 Å². The molecule has 0 spiro atoms. The van der Waals surface area contributed by atoms with Crippen LogP contribution in [0.1, 0.15) is 0 Å². The predicted octanol–water partition coefficient (Wildman–Crippen LogP) is -0.0358. The van der Waals surface area contributed by atoms with Crippen LogP contribution in [0.3, 0.4) is 0 Å². The Balaban J connectivity index is 3.49. The summed E-state index contributed by atoms with van der Waals surface area (Å²) in [6.07, 6.45) is 0. The Morgan fingerprint density at radius 2 is 2.00 bits per heavy atom. The lowest BCUT2D eigenvalue weighted by molar-refractivity contribution is 0.604. The molecule has 0 aliphatic rings. The van der Waals surface area contributed by atoms with E-state index in [1.54, 1.807) is 27.8 Å². The Kier molecular flexibility index (Phi) is 2.27. The standard InChI is InChI=1S/C4H3FIN3O2/c5-1-2(9-6)7-4(11)8-3(1)10/h(H3,7,8,9,10,11). The number of halogens is 2. The number of aromatic nitrogens is 2. The molecule has 1 heterocycles. The highest BCUT2D eigenvalue weighted by molar-refractivity contribution is 14.1. The van der Waals surface area contributed by atoms with Crippen LogP contribution in [0.25, 0.3) is 0 Å². The average Bonchev–Trinajstić information content (AvgIpc) is 1.96. The van der Waals surface area contributed by atoms with Crippen LogP contribution in [0.4, 0.5) is 10.2 Å². The average molecular weight is 271 g/mol. The van der Waals surface area contributed by atoms with Gasteiger partial charge in [-0.3, -0.25) is 14.8 Å². The largest absolute Gasteiger partial charge is 0.327 e. The molecule has 0 bridgehead atoms. The predicted molar refractivity (Wildman–Crippen MR) is 45.3 cm³/mol. The smallest absolute Gasteiger partial charge is 0.312 e. The Hall–Kier alpha value is -0.860. The highest BCUT2D eigenvalue weighted by Gasteiger charge is 2.05. The summed E-state index contributed by atoms with van der Waals surface area (Å²) in [7, 11) is 0. The first kappa shape index (κ1) is 8.24. The molecule has 1 aromatic heterocycles. The van der Waals surface area contributed by atoms with Crippen molar-refractivity contribution >= 4 is 28.7 Å². The highest BCUT2D eigenvalue weighted by atomic mass is 127. The molecule has 5 nitrogen and oxygen atoms in total. The summed E-state index contributed by atoms with van der Waals surface area (Å²) in [5.74, 6) is -1.25. The summed E-state index contributed by atoms with van der Waals surface area (Å²) >= 11 is 1.60. The molecule has 0 aliphatic carbocycles. The summed E-state index contributed by atoms with van der Waals surface area (Å²) in [4.78, 5) is 24.8. The van der Waals surface area contributed by atoms with Gasteiger partial charge in [0.15, 0.2) is 5.82 Å². The van der Waals surface area contributed by atoms with Crippen LogP contribution in [0.2, 0.25) is 0 Å². The van der Waals surface area contributed by atoms with Crippen LogP contribution >= 0.6 is 22.9 Å². The lowest BCUT2D eigenvalue weighted by atomic mass is 10.6. The second kappa shape index (κ2) is 3.03. The van der Waals surface area contributed by atoms with Gasteiger partial charge in [0.05, 0.1) is 22.9 Å². The van der Waals surface area contributed by atoms with Gasteiger partial charge in [0, 0.05) is 0 Å². The molecule has 0 atom stereocenters. The molecule has 1 aromatic rings. The van der Waals surface area contributed by atoms with Gasteiger partial charge in [0.2, 0.25) is 5.82 Å². The zero-order valence-corrected chi connectivity index (χ0v) is 7.23. The molecule has 7 heteroatoms. The van der Waals surface area contributed by atoms with Crippen molar-refractivity contribution in [1.82, 2.24) is 9.97 Å². The second-order valence-electron chi connectivity index (χ2n) is 1.69. The van der Waals surface area contributed by atoms with Crippen molar-refractivity contribution < 1.29 is 4.39 Å². The lowest BCUT2D eigenvalue weighted by Gasteiger charge is -1.95. The van der Waals surface area contributed by atoms with Gasteiger partial charge in [0.1, 0.15) is 0 Å². The van der Waals surface area contributed by atoms with Crippen LogP contribution < -0.4 is 14.8 Å². The van der Waals surface area contributed by atoms with Gasteiger partial charge in [-0.2, -0.15) is 4.39 Å². The number of aromatic amines is 2. The minimum atomic E-state index is -1.03. The van der Waals surface area contributed by atoms with Crippen LogP contribution in [0, 0.1) is 5.82 Å². The lowest BCUT2D eigenvalue weighted by Crippen LogP contribution is -2.25. The molecule has 1 rings (SSSR count). The molecule has 0 saturated carbocycles. The molecule has 0 unspecified atom stereocenters. The SMILES string of the molecule is O=c1[nH]c(NI)c(F)c(=O)[nH]1. The van der Waals surface area contributed by atoms with Crippen molar-refractivity contribution in [2.24, 2.45) is 0 Å². The zero-order valence-electron chi connectivity index (χ0n) is 5.07. The van der Waals surface area contributed by atoms with Crippen molar-refractivity contribution in [2.45, 2.75) is 0 Å². The summed E-state index contributed by atoms with van der Waals surface area (Å²) in [5.41, 5.74) is -1.77. The summed E-state index contributed by atoms with van der Waals surface area (Å²) < 4.78 is 14.9. The second-order valence-corrected chi connectivity index (χ2v) is 2.23. The Labute approximate surface area is 73.5 Å². The molecule has 0 fully saturated rings. The maximum absolute atomic E-state index is 12.6. The first-order valence-electron chi connectivity index (χ1n) is 2.54. The first-order valence-corrected chi connectivity index (χ1v) is 3.61.